The first-order chi connectivity index (χ1) is 19.3. The maximum absolute atomic E-state index is 13.9. The standard InChI is InChI=1S/C29H29F3N2O7/c1-17(26(35)19-7-4-3-5-8-19)16-33-27(36)25(28(37)38)21(18-11-13-20(41-2)14-12-18)15-22-23(29(30,31)32)9-6-10-24(22)34(39)40/h3-14,17,21,25-26,35H,15-16H2,1-2H3,(H,33,36)(H,37,38)/t17?,21-,25?,26?/m0/s1. The van der Waals surface area contributed by atoms with Crippen molar-refractivity contribution in [3.05, 3.63) is 105 Å². The van der Waals surface area contributed by atoms with Gasteiger partial charge >= 0.3 is 12.1 Å². The quantitative estimate of drug-likeness (QED) is 0.155. The smallest absolute Gasteiger partial charge is 0.416 e. The number of hydrogen-bond acceptors (Lipinski definition) is 6. The highest BCUT2D eigenvalue weighted by Gasteiger charge is 2.42. The number of carboxylic acids is 1. The van der Waals surface area contributed by atoms with Gasteiger partial charge in [0.15, 0.2) is 0 Å². The molecule has 0 aliphatic rings. The second-order valence-electron chi connectivity index (χ2n) is 9.54. The molecule has 3 unspecified atom stereocenters. The van der Waals surface area contributed by atoms with E-state index in [1.807, 2.05) is 0 Å². The van der Waals surface area contributed by atoms with Crippen LogP contribution in [0.3, 0.4) is 0 Å². The number of nitro groups is 1. The molecule has 3 rings (SSSR count). The largest absolute Gasteiger partial charge is 0.497 e. The summed E-state index contributed by atoms with van der Waals surface area (Å²) < 4.78 is 46.9. The molecule has 0 saturated carbocycles. The van der Waals surface area contributed by atoms with E-state index in [0.29, 0.717) is 17.4 Å². The van der Waals surface area contributed by atoms with Gasteiger partial charge in [0, 0.05) is 30.0 Å². The van der Waals surface area contributed by atoms with Gasteiger partial charge in [0.05, 0.1) is 23.7 Å². The van der Waals surface area contributed by atoms with Crippen LogP contribution in [0.25, 0.3) is 0 Å². The zero-order valence-electron chi connectivity index (χ0n) is 22.2. The average molecular weight is 575 g/mol. The van der Waals surface area contributed by atoms with Gasteiger partial charge in [0.25, 0.3) is 5.69 Å². The van der Waals surface area contributed by atoms with E-state index in [1.54, 1.807) is 37.3 Å². The van der Waals surface area contributed by atoms with E-state index in [-0.39, 0.29) is 12.1 Å². The summed E-state index contributed by atoms with van der Waals surface area (Å²) in [4.78, 5) is 36.5. The lowest BCUT2D eigenvalue weighted by atomic mass is 9.79. The summed E-state index contributed by atoms with van der Waals surface area (Å²) in [6.45, 7) is 1.49. The molecule has 3 aromatic rings. The van der Waals surface area contributed by atoms with Gasteiger partial charge in [-0.2, -0.15) is 13.2 Å². The number of rotatable bonds is 12. The zero-order chi connectivity index (χ0) is 30.3. The normalized spacial score (nSPS) is 14.4. The van der Waals surface area contributed by atoms with Crippen LogP contribution < -0.4 is 10.1 Å². The van der Waals surface area contributed by atoms with Crippen LogP contribution in [0.1, 0.15) is 41.2 Å². The predicted molar refractivity (Wildman–Crippen MR) is 142 cm³/mol. The molecule has 0 heterocycles. The number of benzene rings is 3. The summed E-state index contributed by atoms with van der Waals surface area (Å²) in [5.74, 6) is -6.19. The Kier molecular flexibility index (Phi) is 10.1. The Morgan fingerprint density at radius 1 is 1.00 bits per heavy atom. The molecular formula is C29H29F3N2O7. The fraction of sp³-hybridized carbons (Fsp3) is 0.310. The summed E-state index contributed by atoms with van der Waals surface area (Å²) in [5, 5.41) is 34.9. The summed E-state index contributed by atoms with van der Waals surface area (Å²) in [5.41, 5.74) is -2.14. The molecule has 4 atom stereocenters. The fourth-order valence-corrected chi connectivity index (χ4v) is 4.65. The Balaban J connectivity index is 2.01. The summed E-state index contributed by atoms with van der Waals surface area (Å²) in [6.07, 6.45) is -6.74. The molecule has 3 aromatic carbocycles. The molecule has 0 aliphatic carbocycles. The van der Waals surface area contributed by atoms with E-state index < -0.39 is 70.1 Å². The molecule has 9 nitrogen and oxygen atoms in total. The molecule has 3 N–H and O–H groups in total. The van der Waals surface area contributed by atoms with E-state index in [0.717, 1.165) is 12.1 Å². The first kappa shape index (κ1) is 31.1. The predicted octanol–water partition coefficient (Wildman–Crippen LogP) is 5.14. The van der Waals surface area contributed by atoms with Gasteiger partial charge in [-0.05, 0) is 35.7 Å². The Bertz CT molecular complexity index is 1370. The number of methoxy groups -OCH3 is 1. The Morgan fingerprint density at radius 3 is 2.17 bits per heavy atom. The van der Waals surface area contributed by atoms with Crippen LogP contribution in [0.4, 0.5) is 18.9 Å². The number of aliphatic carboxylic acids is 1. The summed E-state index contributed by atoms with van der Waals surface area (Å²) >= 11 is 0. The second-order valence-corrected chi connectivity index (χ2v) is 9.54. The number of aliphatic hydroxyl groups excluding tert-OH is 1. The zero-order valence-corrected chi connectivity index (χ0v) is 22.2. The first-order valence-electron chi connectivity index (χ1n) is 12.6. The first-order valence-corrected chi connectivity index (χ1v) is 12.6. The van der Waals surface area contributed by atoms with E-state index in [2.05, 4.69) is 5.32 Å². The minimum atomic E-state index is -4.98. The lowest BCUT2D eigenvalue weighted by molar-refractivity contribution is -0.385. The van der Waals surface area contributed by atoms with Crippen molar-refractivity contribution in [3.63, 3.8) is 0 Å². The van der Waals surface area contributed by atoms with Crippen LogP contribution in [0.15, 0.2) is 72.8 Å². The minimum absolute atomic E-state index is 0.146. The molecule has 12 heteroatoms. The van der Waals surface area contributed by atoms with Gasteiger partial charge in [0.1, 0.15) is 11.7 Å². The van der Waals surface area contributed by atoms with Crippen molar-refractivity contribution in [2.75, 3.05) is 13.7 Å². The van der Waals surface area contributed by atoms with Crippen molar-refractivity contribution >= 4 is 17.6 Å². The Morgan fingerprint density at radius 2 is 1.63 bits per heavy atom. The van der Waals surface area contributed by atoms with Gasteiger partial charge < -0.3 is 20.3 Å². The molecule has 0 aliphatic heterocycles. The van der Waals surface area contributed by atoms with Crippen molar-refractivity contribution in [2.24, 2.45) is 11.8 Å². The van der Waals surface area contributed by atoms with Crippen molar-refractivity contribution < 1.29 is 42.6 Å². The number of carbonyl (C=O) groups excluding carboxylic acids is 1. The number of nitrogens with zero attached hydrogens (tertiary/aromatic N) is 1. The highest BCUT2D eigenvalue weighted by Crippen LogP contribution is 2.40. The van der Waals surface area contributed by atoms with Crippen LogP contribution in [0.2, 0.25) is 0 Å². The minimum Gasteiger partial charge on any atom is -0.497 e. The molecule has 41 heavy (non-hydrogen) atoms. The van der Waals surface area contributed by atoms with Gasteiger partial charge in [-0.3, -0.25) is 19.7 Å². The maximum atomic E-state index is 13.9. The summed E-state index contributed by atoms with van der Waals surface area (Å²) in [7, 11) is 1.38. The number of amides is 1. The topological polar surface area (TPSA) is 139 Å². The maximum Gasteiger partial charge on any atom is 0.416 e. The van der Waals surface area contributed by atoms with Crippen LogP contribution in [0.5, 0.6) is 5.75 Å². The number of carbonyl (C=O) groups is 2. The lowest BCUT2D eigenvalue weighted by Gasteiger charge is -2.26. The van der Waals surface area contributed by atoms with Gasteiger partial charge in [-0.1, -0.05) is 55.5 Å². The van der Waals surface area contributed by atoms with Gasteiger partial charge in [0.2, 0.25) is 5.91 Å². The molecule has 0 spiro atoms. The summed E-state index contributed by atoms with van der Waals surface area (Å²) in [6, 6.07) is 16.8. The number of carboxylic acid groups (broad SMARTS) is 1. The van der Waals surface area contributed by atoms with Crippen molar-refractivity contribution in [1.29, 1.82) is 0 Å². The van der Waals surface area contributed by atoms with E-state index >= 15 is 0 Å². The van der Waals surface area contributed by atoms with Gasteiger partial charge in [-0.25, -0.2) is 0 Å². The van der Waals surface area contributed by atoms with Crippen LogP contribution in [0, 0.1) is 22.0 Å². The highest BCUT2D eigenvalue weighted by molar-refractivity contribution is 5.98. The average Bonchev–Trinajstić information content (AvgIpc) is 2.94. The molecule has 1 amide bonds. The number of hydrogen-bond donors (Lipinski definition) is 3. The van der Waals surface area contributed by atoms with E-state index in [9.17, 15) is 43.1 Å². The second kappa shape index (κ2) is 13.3. The number of alkyl halides is 3. The van der Waals surface area contributed by atoms with Crippen molar-refractivity contribution in [3.8, 4) is 5.75 Å². The molecule has 0 radical (unpaired) electrons. The van der Waals surface area contributed by atoms with Crippen molar-refractivity contribution in [2.45, 2.75) is 31.5 Å². The van der Waals surface area contributed by atoms with E-state index in [4.69, 9.17) is 4.74 Å². The lowest BCUT2D eigenvalue weighted by Crippen LogP contribution is -2.42. The Labute approximate surface area is 233 Å². The third-order valence-corrected chi connectivity index (χ3v) is 6.85. The number of aliphatic hydroxyl groups is 1. The monoisotopic (exact) mass is 574 g/mol. The SMILES string of the molecule is COc1ccc([C@H](Cc2c([N+](=O)[O-])cccc2C(F)(F)F)C(C(=O)O)C(=O)NCC(C)C(O)c2ccccc2)cc1. The van der Waals surface area contributed by atoms with Crippen LogP contribution in [-0.4, -0.2) is 40.7 Å². The van der Waals surface area contributed by atoms with Crippen LogP contribution in [-0.2, 0) is 22.2 Å². The van der Waals surface area contributed by atoms with Crippen LogP contribution >= 0.6 is 0 Å². The molecule has 0 bridgehead atoms. The highest BCUT2D eigenvalue weighted by atomic mass is 19.4. The molecular weight excluding hydrogens is 545 g/mol. The fourth-order valence-electron chi connectivity index (χ4n) is 4.65. The number of halogens is 3. The molecule has 0 saturated heterocycles. The van der Waals surface area contributed by atoms with Gasteiger partial charge in [-0.15, -0.1) is 0 Å². The molecule has 218 valence electrons. The Hall–Kier alpha value is -4.45. The third kappa shape index (κ3) is 7.60. The molecule has 0 aromatic heterocycles. The number of ether oxygens (including phenoxy) is 1. The van der Waals surface area contributed by atoms with E-state index in [1.165, 1.54) is 31.4 Å². The third-order valence-electron chi connectivity index (χ3n) is 6.85. The molecule has 0 fully saturated rings. The number of nitro benzene ring substituents is 1. The van der Waals surface area contributed by atoms with Crippen molar-refractivity contribution in [1.82, 2.24) is 5.32 Å². The number of nitrogens with one attached hydrogen (secondary N) is 1.